The van der Waals surface area contributed by atoms with Gasteiger partial charge in [0, 0.05) is 22.7 Å². The van der Waals surface area contributed by atoms with Crippen LogP contribution in [0.4, 0.5) is 15.8 Å². The molecule has 6 heteroatoms. The molecule has 2 amide bonds. The predicted octanol–water partition coefficient (Wildman–Crippen LogP) is 6.25. The molecule has 3 rings (SSSR count). The molecule has 3 aromatic carbocycles. The molecular formula is C26H27FN2O2S. The summed E-state index contributed by atoms with van der Waals surface area (Å²) in [5, 5.41) is 5.72. The molecule has 3 aromatic rings. The van der Waals surface area contributed by atoms with Crippen molar-refractivity contribution in [1.82, 2.24) is 0 Å². The molecule has 0 atom stereocenters. The van der Waals surface area contributed by atoms with Crippen molar-refractivity contribution in [3.05, 3.63) is 95.3 Å². The Kier molecular flexibility index (Phi) is 7.70. The fraction of sp³-hybridized carbons (Fsp3) is 0.231. The summed E-state index contributed by atoms with van der Waals surface area (Å²) in [6.07, 6.45) is 0. The molecule has 0 aliphatic carbocycles. The highest BCUT2D eigenvalue weighted by Crippen LogP contribution is 2.23. The number of anilines is 2. The minimum absolute atomic E-state index is 0.0266. The largest absolute Gasteiger partial charge is 0.325 e. The molecule has 4 nitrogen and oxygen atoms in total. The Hall–Kier alpha value is -3.12. The Balaban J connectivity index is 1.52. The highest BCUT2D eigenvalue weighted by molar-refractivity contribution is 7.99. The monoisotopic (exact) mass is 450 g/mol. The number of thioether (sulfide) groups is 1. The molecule has 0 bridgehead atoms. The van der Waals surface area contributed by atoms with Crippen molar-refractivity contribution in [2.45, 2.75) is 31.9 Å². The number of carbonyl (C=O) groups is 2. The molecule has 0 aromatic heterocycles. The maximum Gasteiger partial charge on any atom is 0.255 e. The van der Waals surface area contributed by atoms with Crippen molar-refractivity contribution in [2.75, 3.05) is 16.4 Å². The first-order valence-corrected chi connectivity index (χ1v) is 11.5. The summed E-state index contributed by atoms with van der Waals surface area (Å²) in [6.45, 7) is 6.38. The number of halogens is 1. The Morgan fingerprint density at radius 3 is 2.12 bits per heavy atom. The van der Waals surface area contributed by atoms with Crippen molar-refractivity contribution in [1.29, 1.82) is 0 Å². The van der Waals surface area contributed by atoms with Crippen LogP contribution in [0.25, 0.3) is 0 Å². The van der Waals surface area contributed by atoms with Crippen molar-refractivity contribution < 1.29 is 14.0 Å². The summed E-state index contributed by atoms with van der Waals surface area (Å²) < 4.78 is 12.9. The number of nitrogens with one attached hydrogen (secondary N) is 2. The van der Waals surface area contributed by atoms with Gasteiger partial charge in [0.25, 0.3) is 5.91 Å². The standard InChI is InChI=1S/C26H27FN2O2S/c1-26(2,3)20-11-9-19(10-12-20)25(31)29-23-6-4-5-22(15-23)28-24(30)17-32-16-18-7-13-21(27)14-8-18/h4-15H,16-17H2,1-3H3,(H,28,30)(H,29,31). The van der Waals surface area contributed by atoms with Crippen molar-refractivity contribution >= 4 is 35.0 Å². The van der Waals surface area contributed by atoms with Gasteiger partial charge in [-0.1, -0.05) is 51.1 Å². The fourth-order valence-electron chi connectivity index (χ4n) is 3.04. The highest BCUT2D eigenvalue weighted by Gasteiger charge is 2.14. The van der Waals surface area contributed by atoms with E-state index in [1.54, 1.807) is 36.4 Å². The third-order valence-corrected chi connectivity index (χ3v) is 5.84. The Labute approximate surface area is 192 Å². The lowest BCUT2D eigenvalue weighted by molar-refractivity contribution is -0.113. The smallest absolute Gasteiger partial charge is 0.255 e. The molecule has 0 aliphatic rings. The Bertz CT molecular complexity index is 1070. The number of amides is 2. The Morgan fingerprint density at radius 2 is 1.50 bits per heavy atom. The lowest BCUT2D eigenvalue weighted by atomic mass is 9.87. The minimum atomic E-state index is -0.273. The summed E-state index contributed by atoms with van der Waals surface area (Å²) in [5.41, 5.74) is 3.94. The predicted molar refractivity (Wildman–Crippen MR) is 131 cm³/mol. The van der Waals surface area contributed by atoms with Gasteiger partial charge in [-0.3, -0.25) is 9.59 Å². The molecular weight excluding hydrogens is 423 g/mol. The molecule has 166 valence electrons. The van der Waals surface area contributed by atoms with Gasteiger partial charge in [0.15, 0.2) is 0 Å². The number of rotatable bonds is 7. The van der Waals surface area contributed by atoms with Crippen LogP contribution in [0, 0.1) is 5.82 Å². The van der Waals surface area contributed by atoms with Crippen LogP contribution in [-0.2, 0) is 16.0 Å². The number of hydrogen-bond donors (Lipinski definition) is 2. The average Bonchev–Trinajstić information content (AvgIpc) is 2.75. The van der Waals surface area contributed by atoms with Crippen molar-refractivity contribution in [3.63, 3.8) is 0 Å². The van der Waals surface area contributed by atoms with E-state index in [9.17, 15) is 14.0 Å². The van der Waals surface area contributed by atoms with Gasteiger partial charge < -0.3 is 10.6 Å². The van der Waals surface area contributed by atoms with E-state index in [0.29, 0.717) is 22.7 Å². The van der Waals surface area contributed by atoms with Crippen LogP contribution in [-0.4, -0.2) is 17.6 Å². The molecule has 32 heavy (non-hydrogen) atoms. The maximum absolute atomic E-state index is 12.9. The lowest BCUT2D eigenvalue weighted by Crippen LogP contribution is -2.16. The van der Waals surface area contributed by atoms with E-state index in [4.69, 9.17) is 0 Å². The van der Waals surface area contributed by atoms with Crippen LogP contribution in [0.2, 0.25) is 0 Å². The quantitative estimate of drug-likeness (QED) is 0.447. The topological polar surface area (TPSA) is 58.2 Å². The van der Waals surface area contributed by atoms with Gasteiger partial charge >= 0.3 is 0 Å². The fourth-order valence-corrected chi connectivity index (χ4v) is 3.83. The van der Waals surface area contributed by atoms with Gasteiger partial charge in [-0.25, -0.2) is 4.39 Å². The summed E-state index contributed by atoms with van der Waals surface area (Å²) in [4.78, 5) is 24.8. The van der Waals surface area contributed by atoms with Crippen LogP contribution in [0.1, 0.15) is 42.3 Å². The summed E-state index contributed by atoms with van der Waals surface area (Å²) in [5.74, 6) is 0.277. The van der Waals surface area contributed by atoms with E-state index in [-0.39, 0.29) is 28.8 Å². The average molecular weight is 451 g/mol. The lowest BCUT2D eigenvalue weighted by Gasteiger charge is -2.19. The first-order valence-electron chi connectivity index (χ1n) is 10.3. The summed E-state index contributed by atoms with van der Waals surface area (Å²) in [6, 6.07) is 20.9. The number of benzene rings is 3. The first kappa shape index (κ1) is 23.5. The van der Waals surface area contributed by atoms with Gasteiger partial charge in [0.2, 0.25) is 5.91 Å². The first-order chi connectivity index (χ1) is 15.2. The molecule has 0 radical (unpaired) electrons. The molecule has 2 N–H and O–H groups in total. The summed E-state index contributed by atoms with van der Waals surface area (Å²) >= 11 is 1.45. The van der Waals surface area contributed by atoms with E-state index < -0.39 is 0 Å². The van der Waals surface area contributed by atoms with Gasteiger partial charge in [-0.2, -0.15) is 0 Å². The van der Waals surface area contributed by atoms with Gasteiger partial charge in [-0.05, 0) is 59.0 Å². The van der Waals surface area contributed by atoms with E-state index >= 15 is 0 Å². The second-order valence-electron chi connectivity index (χ2n) is 8.53. The Morgan fingerprint density at radius 1 is 0.875 bits per heavy atom. The van der Waals surface area contributed by atoms with Gasteiger partial charge in [0.05, 0.1) is 5.75 Å². The molecule has 0 unspecified atom stereocenters. The molecule has 0 heterocycles. The third kappa shape index (κ3) is 6.95. The summed E-state index contributed by atoms with van der Waals surface area (Å²) in [7, 11) is 0. The van der Waals surface area contributed by atoms with E-state index in [2.05, 4.69) is 31.4 Å². The maximum atomic E-state index is 12.9. The zero-order valence-corrected chi connectivity index (χ0v) is 19.3. The van der Waals surface area contributed by atoms with Crippen LogP contribution in [0.5, 0.6) is 0 Å². The van der Waals surface area contributed by atoms with Crippen LogP contribution in [0.3, 0.4) is 0 Å². The second-order valence-corrected chi connectivity index (χ2v) is 9.52. The SMILES string of the molecule is CC(C)(C)c1ccc(C(=O)Nc2cccc(NC(=O)CSCc3ccc(F)cc3)c2)cc1. The highest BCUT2D eigenvalue weighted by atomic mass is 32.2. The van der Waals surface area contributed by atoms with Gasteiger partial charge in [0.1, 0.15) is 5.82 Å². The second kappa shape index (κ2) is 10.5. The molecule has 0 spiro atoms. The van der Waals surface area contributed by atoms with E-state index in [0.717, 1.165) is 11.1 Å². The number of hydrogen-bond acceptors (Lipinski definition) is 3. The molecule has 0 saturated heterocycles. The molecule has 0 fully saturated rings. The zero-order valence-electron chi connectivity index (χ0n) is 18.4. The van der Waals surface area contributed by atoms with Gasteiger partial charge in [-0.15, -0.1) is 11.8 Å². The van der Waals surface area contributed by atoms with E-state index in [1.807, 2.05) is 24.3 Å². The van der Waals surface area contributed by atoms with E-state index in [1.165, 1.54) is 23.9 Å². The zero-order chi connectivity index (χ0) is 23.1. The number of carbonyl (C=O) groups excluding carboxylic acids is 2. The van der Waals surface area contributed by atoms with Crippen LogP contribution < -0.4 is 10.6 Å². The van der Waals surface area contributed by atoms with Crippen molar-refractivity contribution in [3.8, 4) is 0 Å². The van der Waals surface area contributed by atoms with Crippen LogP contribution in [0.15, 0.2) is 72.8 Å². The molecule has 0 aliphatic heterocycles. The van der Waals surface area contributed by atoms with Crippen LogP contribution >= 0.6 is 11.8 Å². The molecule has 0 saturated carbocycles. The third-order valence-electron chi connectivity index (χ3n) is 4.83. The normalized spacial score (nSPS) is 11.1. The van der Waals surface area contributed by atoms with Crippen molar-refractivity contribution in [2.24, 2.45) is 0 Å². The minimum Gasteiger partial charge on any atom is -0.325 e.